The van der Waals surface area contributed by atoms with E-state index >= 15 is 0 Å². The number of ether oxygens (including phenoxy) is 2. The Morgan fingerprint density at radius 1 is 1.39 bits per heavy atom. The highest BCUT2D eigenvalue weighted by Gasteiger charge is 2.04. The summed E-state index contributed by atoms with van der Waals surface area (Å²) in [6, 6.07) is 7.52. The molecule has 1 aromatic rings. The third-order valence-electron chi connectivity index (χ3n) is 2.36. The van der Waals surface area contributed by atoms with Gasteiger partial charge >= 0.3 is 0 Å². The van der Waals surface area contributed by atoms with E-state index in [0.717, 1.165) is 11.3 Å². The van der Waals surface area contributed by atoms with Gasteiger partial charge in [-0.1, -0.05) is 18.2 Å². The summed E-state index contributed by atoms with van der Waals surface area (Å²) in [6.07, 6.45) is 3.22. The third kappa shape index (κ3) is 4.59. The molecule has 1 N–H and O–H groups in total. The smallest absolute Gasteiger partial charge is 0.244 e. The van der Waals surface area contributed by atoms with E-state index in [4.69, 9.17) is 9.47 Å². The Morgan fingerprint density at radius 2 is 2.11 bits per heavy atom. The highest BCUT2D eigenvalue weighted by Crippen LogP contribution is 2.18. The lowest BCUT2D eigenvalue weighted by atomic mass is 10.2. The second-order valence-electron chi connectivity index (χ2n) is 3.94. The number of nitrogens with one attached hydrogen (secondary N) is 1. The SMILES string of the molecule is COC[C@@H](C)NC(=O)/C=C/c1ccccc1OC. The van der Waals surface area contributed by atoms with Crippen molar-refractivity contribution in [3.63, 3.8) is 0 Å². The molecule has 0 heterocycles. The van der Waals surface area contributed by atoms with Gasteiger partial charge in [-0.2, -0.15) is 0 Å². The van der Waals surface area contributed by atoms with E-state index in [9.17, 15) is 4.79 Å². The number of carbonyl (C=O) groups excluding carboxylic acids is 1. The summed E-state index contributed by atoms with van der Waals surface area (Å²) < 4.78 is 10.1. The van der Waals surface area contributed by atoms with Crippen LogP contribution in [-0.2, 0) is 9.53 Å². The normalized spacial score (nSPS) is 12.4. The van der Waals surface area contributed by atoms with Gasteiger partial charge in [-0.15, -0.1) is 0 Å². The summed E-state index contributed by atoms with van der Waals surface area (Å²) in [6.45, 7) is 2.38. The predicted octanol–water partition coefficient (Wildman–Crippen LogP) is 1.86. The maximum absolute atomic E-state index is 11.6. The van der Waals surface area contributed by atoms with E-state index in [1.54, 1.807) is 20.3 Å². The first kappa shape index (κ1) is 14.3. The fourth-order valence-electron chi connectivity index (χ4n) is 1.55. The molecule has 0 aliphatic carbocycles. The molecule has 0 saturated heterocycles. The molecule has 1 amide bonds. The second-order valence-corrected chi connectivity index (χ2v) is 3.94. The van der Waals surface area contributed by atoms with Crippen molar-refractivity contribution < 1.29 is 14.3 Å². The van der Waals surface area contributed by atoms with Crippen molar-refractivity contribution in [3.8, 4) is 5.75 Å². The van der Waals surface area contributed by atoms with E-state index < -0.39 is 0 Å². The molecule has 0 spiro atoms. The molecule has 4 heteroatoms. The Kier molecular flexibility index (Phi) is 5.94. The minimum atomic E-state index is -0.148. The van der Waals surface area contributed by atoms with Crippen LogP contribution in [0.1, 0.15) is 12.5 Å². The van der Waals surface area contributed by atoms with E-state index in [1.807, 2.05) is 31.2 Å². The van der Waals surface area contributed by atoms with Crippen LogP contribution in [-0.4, -0.2) is 32.8 Å². The summed E-state index contributed by atoms with van der Waals surface area (Å²) in [7, 11) is 3.21. The predicted molar refractivity (Wildman–Crippen MR) is 71.5 cm³/mol. The van der Waals surface area contributed by atoms with Gasteiger partial charge in [0, 0.05) is 24.8 Å². The molecule has 18 heavy (non-hydrogen) atoms. The van der Waals surface area contributed by atoms with Gasteiger partial charge in [0.25, 0.3) is 0 Å². The Hall–Kier alpha value is -1.81. The van der Waals surface area contributed by atoms with Crippen LogP contribution in [0.25, 0.3) is 6.08 Å². The van der Waals surface area contributed by atoms with Crippen LogP contribution in [0.15, 0.2) is 30.3 Å². The minimum Gasteiger partial charge on any atom is -0.496 e. The largest absolute Gasteiger partial charge is 0.496 e. The Morgan fingerprint density at radius 3 is 2.78 bits per heavy atom. The third-order valence-corrected chi connectivity index (χ3v) is 2.36. The van der Waals surface area contributed by atoms with Crippen molar-refractivity contribution >= 4 is 12.0 Å². The van der Waals surface area contributed by atoms with Gasteiger partial charge in [0.1, 0.15) is 5.75 Å². The van der Waals surface area contributed by atoms with Crippen LogP contribution >= 0.6 is 0 Å². The quantitative estimate of drug-likeness (QED) is 0.783. The van der Waals surface area contributed by atoms with Crippen molar-refractivity contribution in [2.24, 2.45) is 0 Å². The standard InChI is InChI=1S/C14H19NO3/c1-11(10-17-2)15-14(16)9-8-12-6-4-5-7-13(12)18-3/h4-9,11H,10H2,1-3H3,(H,15,16)/b9-8+/t11-/m1/s1. The van der Waals surface area contributed by atoms with Crippen molar-refractivity contribution in [3.05, 3.63) is 35.9 Å². The first-order chi connectivity index (χ1) is 8.67. The molecular weight excluding hydrogens is 230 g/mol. The molecule has 0 aromatic heterocycles. The number of rotatable bonds is 6. The molecule has 0 fully saturated rings. The Bertz CT molecular complexity index is 415. The Balaban J connectivity index is 2.60. The summed E-state index contributed by atoms with van der Waals surface area (Å²) >= 11 is 0. The van der Waals surface area contributed by atoms with Crippen molar-refractivity contribution in [1.82, 2.24) is 5.32 Å². The van der Waals surface area contributed by atoms with E-state index in [2.05, 4.69) is 5.32 Å². The maximum Gasteiger partial charge on any atom is 0.244 e. The van der Waals surface area contributed by atoms with Crippen LogP contribution in [0.2, 0.25) is 0 Å². The molecule has 0 unspecified atom stereocenters. The number of benzene rings is 1. The van der Waals surface area contributed by atoms with Gasteiger partial charge in [0.05, 0.1) is 13.7 Å². The van der Waals surface area contributed by atoms with Crippen LogP contribution in [0.4, 0.5) is 0 Å². The number of para-hydroxylation sites is 1. The summed E-state index contributed by atoms with van der Waals surface area (Å²) in [5.41, 5.74) is 0.870. The molecular formula is C14H19NO3. The zero-order chi connectivity index (χ0) is 13.4. The number of methoxy groups -OCH3 is 2. The average molecular weight is 249 g/mol. The summed E-state index contributed by atoms with van der Waals surface area (Å²) in [5.74, 6) is 0.594. The number of carbonyl (C=O) groups is 1. The lowest BCUT2D eigenvalue weighted by molar-refractivity contribution is -0.117. The topological polar surface area (TPSA) is 47.6 Å². The first-order valence-electron chi connectivity index (χ1n) is 5.78. The van der Waals surface area contributed by atoms with E-state index in [-0.39, 0.29) is 11.9 Å². The van der Waals surface area contributed by atoms with Crippen LogP contribution < -0.4 is 10.1 Å². The minimum absolute atomic E-state index is 0.00943. The van der Waals surface area contributed by atoms with Crippen LogP contribution in [0.5, 0.6) is 5.75 Å². The zero-order valence-electron chi connectivity index (χ0n) is 11.0. The molecule has 0 aliphatic heterocycles. The molecule has 0 bridgehead atoms. The maximum atomic E-state index is 11.6. The first-order valence-corrected chi connectivity index (χ1v) is 5.78. The molecule has 1 rings (SSSR count). The molecule has 0 saturated carbocycles. The van der Waals surface area contributed by atoms with Gasteiger partial charge in [0.15, 0.2) is 0 Å². The van der Waals surface area contributed by atoms with Crippen LogP contribution in [0, 0.1) is 0 Å². The van der Waals surface area contributed by atoms with Gasteiger partial charge in [-0.05, 0) is 19.1 Å². The van der Waals surface area contributed by atoms with Crippen molar-refractivity contribution in [1.29, 1.82) is 0 Å². The fraction of sp³-hybridized carbons (Fsp3) is 0.357. The molecule has 1 aromatic carbocycles. The average Bonchev–Trinajstić information content (AvgIpc) is 2.37. The second kappa shape index (κ2) is 7.50. The van der Waals surface area contributed by atoms with E-state index in [1.165, 1.54) is 6.08 Å². The van der Waals surface area contributed by atoms with Gasteiger partial charge in [0.2, 0.25) is 5.91 Å². The number of hydrogen-bond acceptors (Lipinski definition) is 3. The molecule has 0 radical (unpaired) electrons. The summed E-state index contributed by atoms with van der Waals surface area (Å²) in [5, 5.41) is 2.80. The van der Waals surface area contributed by atoms with Gasteiger partial charge < -0.3 is 14.8 Å². The summed E-state index contributed by atoms with van der Waals surface area (Å²) in [4.78, 5) is 11.6. The van der Waals surface area contributed by atoms with E-state index in [0.29, 0.717) is 6.61 Å². The molecule has 4 nitrogen and oxygen atoms in total. The molecule has 98 valence electrons. The molecule has 0 aliphatic rings. The van der Waals surface area contributed by atoms with Gasteiger partial charge in [-0.25, -0.2) is 0 Å². The monoisotopic (exact) mass is 249 g/mol. The van der Waals surface area contributed by atoms with Crippen molar-refractivity contribution in [2.75, 3.05) is 20.8 Å². The fourth-order valence-corrected chi connectivity index (χ4v) is 1.55. The highest BCUT2D eigenvalue weighted by molar-refractivity contribution is 5.92. The van der Waals surface area contributed by atoms with Crippen LogP contribution in [0.3, 0.4) is 0 Å². The highest BCUT2D eigenvalue weighted by atomic mass is 16.5. The lowest BCUT2D eigenvalue weighted by Crippen LogP contribution is -2.34. The molecule has 1 atom stereocenters. The number of amides is 1. The lowest BCUT2D eigenvalue weighted by Gasteiger charge is -2.10. The van der Waals surface area contributed by atoms with Crippen molar-refractivity contribution in [2.45, 2.75) is 13.0 Å². The Labute approximate surface area is 108 Å². The number of hydrogen-bond donors (Lipinski definition) is 1. The van der Waals surface area contributed by atoms with Gasteiger partial charge in [-0.3, -0.25) is 4.79 Å². The zero-order valence-corrected chi connectivity index (χ0v) is 11.0.